The first-order valence-corrected chi connectivity index (χ1v) is 8.12. The van der Waals surface area contributed by atoms with Crippen molar-refractivity contribution in [1.82, 2.24) is 14.9 Å². The van der Waals surface area contributed by atoms with Gasteiger partial charge in [-0.05, 0) is 40.0 Å². The summed E-state index contributed by atoms with van der Waals surface area (Å²) in [5.74, 6) is 2.03. The first-order chi connectivity index (χ1) is 11.1. The number of aromatic nitrogens is 2. The van der Waals surface area contributed by atoms with E-state index in [4.69, 9.17) is 15.2 Å². The molecule has 7 heteroatoms. The number of halogens is 1. The predicted molar refractivity (Wildman–Crippen MR) is 91.5 cm³/mol. The number of anilines is 1. The van der Waals surface area contributed by atoms with Crippen LogP contribution >= 0.6 is 15.9 Å². The summed E-state index contributed by atoms with van der Waals surface area (Å²) < 4.78 is 11.7. The molecule has 0 saturated heterocycles. The van der Waals surface area contributed by atoms with Crippen LogP contribution in [0.5, 0.6) is 11.5 Å². The number of nitrogens with two attached hydrogens (primary N) is 1. The van der Waals surface area contributed by atoms with E-state index in [2.05, 4.69) is 36.9 Å². The van der Waals surface area contributed by atoms with Crippen LogP contribution in [0.1, 0.15) is 16.8 Å². The number of nitrogen functional groups attached to an aromatic ring is 1. The second kappa shape index (κ2) is 6.72. The molecule has 2 heterocycles. The molecule has 0 saturated carbocycles. The van der Waals surface area contributed by atoms with Crippen LogP contribution in [0.4, 0.5) is 5.82 Å². The van der Waals surface area contributed by atoms with Gasteiger partial charge in [-0.3, -0.25) is 4.90 Å². The van der Waals surface area contributed by atoms with Crippen LogP contribution < -0.4 is 15.2 Å². The lowest BCUT2D eigenvalue weighted by atomic mass is 10.0. The molecule has 1 aliphatic heterocycles. The van der Waals surface area contributed by atoms with E-state index >= 15 is 0 Å². The van der Waals surface area contributed by atoms with Gasteiger partial charge in [0.15, 0.2) is 11.5 Å². The van der Waals surface area contributed by atoms with E-state index in [-0.39, 0.29) is 0 Å². The van der Waals surface area contributed by atoms with Crippen molar-refractivity contribution in [3.05, 3.63) is 39.8 Å². The fourth-order valence-electron chi connectivity index (χ4n) is 2.89. The second-order valence-electron chi connectivity index (χ2n) is 5.46. The van der Waals surface area contributed by atoms with Gasteiger partial charge in [0, 0.05) is 25.2 Å². The van der Waals surface area contributed by atoms with E-state index in [1.807, 2.05) is 6.07 Å². The number of hydrogen-bond donors (Lipinski definition) is 1. The van der Waals surface area contributed by atoms with Gasteiger partial charge in [-0.15, -0.1) is 0 Å². The van der Waals surface area contributed by atoms with Crippen molar-refractivity contribution >= 4 is 21.7 Å². The Bertz CT molecular complexity index is 723. The van der Waals surface area contributed by atoms with Gasteiger partial charge in [-0.1, -0.05) is 0 Å². The number of methoxy groups -OCH3 is 2. The van der Waals surface area contributed by atoms with Crippen LogP contribution in [0.25, 0.3) is 0 Å². The van der Waals surface area contributed by atoms with Crippen molar-refractivity contribution < 1.29 is 9.47 Å². The quantitative estimate of drug-likeness (QED) is 0.880. The first-order valence-electron chi connectivity index (χ1n) is 7.33. The van der Waals surface area contributed by atoms with Crippen LogP contribution in [0.2, 0.25) is 0 Å². The molecule has 1 aliphatic rings. The molecule has 2 N–H and O–H groups in total. The molecule has 1 aromatic heterocycles. The molecule has 122 valence electrons. The van der Waals surface area contributed by atoms with E-state index in [0.717, 1.165) is 53.1 Å². The zero-order valence-electron chi connectivity index (χ0n) is 13.2. The number of fused-ring (bicyclic) bond motifs is 1. The fourth-order valence-corrected chi connectivity index (χ4v) is 3.54. The monoisotopic (exact) mass is 378 g/mol. The van der Waals surface area contributed by atoms with Gasteiger partial charge in [-0.25, -0.2) is 9.97 Å². The van der Waals surface area contributed by atoms with Gasteiger partial charge in [0.05, 0.1) is 24.4 Å². The van der Waals surface area contributed by atoms with E-state index in [1.165, 1.54) is 6.33 Å². The Balaban J connectivity index is 1.80. The van der Waals surface area contributed by atoms with Crippen molar-refractivity contribution in [2.24, 2.45) is 0 Å². The fraction of sp³-hybridized carbons (Fsp3) is 0.375. The molecule has 0 radical (unpaired) electrons. The third-order valence-corrected chi connectivity index (χ3v) is 4.61. The first kappa shape index (κ1) is 16.0. The Labute approximate surface area is 143 Å². The second-order valence-corrected chi connectivity index (χ2v) is 6.31. The number of rotatable bonds is 4. The zero-order valence-corrected chi connectivity index (χ0v) is 14.8. The van der Waals surface area contributed by atoms with Crippen LogP contribution in [0.15, 0.2) is 22.9 Å². The lowest BCUT2D eigenvalue weighted by Crippen LogP contribution is -2.31. The number of ether oxygens (including phenoxy) is 2. The third-order valence-electron chi connectivity index (χ3n) is 4.02. The minimum Gasteiger partial charge on any atom is -0.493 e. The van der Waals surface area contributed by atoms with E-state index < -0.39 is 0 Å². The van der Waals surface area contributed by atoms with Gasteiger partial charge in [0.1, 0.15) is 12.1 Å². The van der Waals surface area contributed by atoms with Crippen molar-refractivity contribution in [2.75, 3.05) is 26.5 Å². The summed E-state index contributed by atoms with van der Waals surface area (Å²) in [6.45, 7) is 2.51. The maximum atomic E-state index is 5.92. The average Bonchev–Trinajstić information content (AvgIpc) is 2.54. The van der Waals surface area contributed by atoms with E-state index in [1.54, 1.807) is 14.2 Å². The van der Waals surface area contributed by atoms with Gasteiger partial charge in [0.2, 0.25) is 0 Å². The molecule has 0 aliphatic carbocycles. The highest BCUT2D eigenvalue weighted by atomic mass is 79.9. The smallest absolute Gasteiger partial charge is 0.174 e. The molecular weight excluding hydrogens is 360 g/mol. The van der Waals surface area contributed by atoms with E-state index in [9.17, 15) is 0 Å². The number of nitrogens with zero attached hydrogens (tertiary/aromatic N) is 3. The Hall–Kier alpha value is -1.86. The maximum Gasteiger partial charge on any atom is 0.174 e. The Morgan fingerprint density at radius 1 is 1.26 bits per heavy atom. The van der Waals surface area contributed by atoms with Crippen molar-refractivity contribution in [3.8, 4) is 11.5 Å². The van der Waals surface area contributed by atoms with Crippen molar-refractivity contribution in [2.45, 2.75) is 19.5 Å². The zero-order chi connectivity index (χ0) is 16.4. The molecule has 0 bridgehead atoms. The highest BCUT2D eigenvalue weighted by molar-refractivity contribution is 9.10. The van der Waals surface area contributed by atoms with Crippen LogP contribution in [-0.2, 0) is 19.5 Å². The number of benzene rings is 1. The minimum absolute atomic E-state index is 0.600. The lowest BCUT2D eigenvalue weighted by molar-refractivity contribution is 0.241. The maximum absolute atomic E-state index is 5.92. The molecule has 0 atom stereocenters. The molecule has 0 unspecified atom stereocenters. The summed E-state index contributed by atoms with van der Waals surface area (Å²) >= 11 is 3.54. The minimum atomic E-state index is 0.600. The topological polar surface area (TPSA) is 73.5 Å². The average molecular weight is 379 g/mol. The molecule has 0 spiro atoms. The summed E-state index contributed by atoms with van der Waals surface area (Å²) in [7, 11) is 3.28. The summed E-state index contributed by atoms with van der Waals surface area (Å²) in [4.78, 5) is 10.8. The van der Waals surface area contributed by atoms with Crippen molar-refractivity contribution in [1.29, 1.82) is 0 Å². The summed E-state index contributed by atoms with van der Waals surface area (Å²) in [5.41, 5.74) is 9.17. The molecule has 3 rings (SSSR count). The van der Waals surface area contributed by atoms with Crippen LogP contribution in [0, 0.1) is 0 Å². The highest BCUT2D eigenvalue weighted by Gasteiger charge is 2.21. The lowest BCUT2D eigenvalue weighted by Gasteiger charge is -2.28. The summed E-state index contributed by atoms with van der Waals surface area (Å²) in [6.07, 6.45) is 2.40. The van der Waals surface area contributed by atoms with Gasteiger partial charge >= 0.3 is 0 Å². The van der Waals surface area contributed by atoms with Crippen LogP contribution in [-0.4, -0.2) is 35.6 Å². The summed E-state index contributed by atoms with van der Waals surface area (Å²) in [6, 6.07) is 4.07. The van der Waals surface area contributed by atoms with Crippen LogP contribution in [0.3, 0.4) is 0 Å². The predicted octanol–water partition coefficient (Wildman–Crippen LogP) is 2.40. The largest absolute Gasteiger partial charge is 0.493 e. The molecular formula is C16H19BrN4O2. The van der Waals surface area contributed by atoms with E-state index in [0.29, 0.717) is 11.6 Å². The SMILES string of the molecule is COc1cc(CN2CCc3c(N)ncnc3C2)cc(Br)c1OC. The molecule has 0 fully saturated rings. The third kappa shape index (κ3) is 3.25. The highest BCUT2D eigenvalue weighted by Crippen LogP contribution is 2.36. The number of hydrogen-bond acceptors (Lipinski definition) is 6. The Kier molecular flexibility index (Phi) is 4.68. The normalized spacial score (nSPS) is 14.4. The molecule has 2 aromatic rings. The molecule has 6 nitrogen and oxygen atoms in total. The Morgan fingerprint density at radius 2 is 2.09 bits per heavy atom. The van der Waals surface area contributed by atoms with Gasteiger partial charge in [0.25, 0.3) is 0 Å². The Morgan fingerprint density at radius 3 is 2.83 bits per heavy atom. The summed E-state index contributed by atoms with van der Waals surface area (Å²) in [5, 5.41) is 0. The van der Waals surface area contributed by atoms with Crippen molar-refractivity contribution in [3.63, 3.8) is 0 Å². The molecule has 23 heavy (non-hydrogen) atoms. The standard InChI is InChI=1S/C16H19BrN4O2/c1-22-14-6-10(5-12(17)15(14)23-2)7-21-4-3-11-13(8-21)19-9-20-16(11)18/h5-6,9H,3-4,7-8H2,1-2H3,(H2,18,19,20). The van der Waals surface area contributed by atoms with Gasteiger partial charge < -0.3 is 15.2 Å². The molecule has 0 amide bonds. The van der Waals surface area contributed by atoms with Gasteiger partial charge in [-0.2, -0.15) is 0 Å². The molecule has 1 aromatic carbocycles.